The van der Waals surface area contributed by atoms with Crippen LogP contribution in [-0.2, 0) is 9.59 Å². The molecule has 0 radical (unpaired) electrons. The maximum absolute atomic E-state index is 13.0. The van der Waals surface area contributed by atoms with Crippen LogP contribution in [-0.4, -0.2) is 64.0 Å². The zero-order valence-corrected chi connectivity index (χ0v) is 12.5. The Hall–Kier alpha value is -1.14. The van der Waals surface area contributed by atoms with Gasteiger partial charge >= 0.3 is 0 Å². The molecule has 118 valence electrons. The molecule has 0 aromatic carbocycles. The van der Waals surface area contributed by atoms with Crippen LogP contribution in [0, 0.1) is 0 Å². The highest BCUT2D eigenvalue weighted by molar-refractivity contribution is 5.87. The second kappa shape index (κ2) is 5.25. The van der Waals surface area contributed by atoms with Gasteiger partial charge in [-0.15, -0.1) is 0 Å². The molecule has 0 saturated carbocycles. The Morgan fingerprint density at radius 2 is 1.67 bits per heavy atom. The molecule has 3 saturated heterocycles. The molecular weight excluding hydrogens is 270 g/mol. The van der Waals surface area contributed by atoms with Crippen molar-refractivity contribution < 1.29 is 14.7 Å². The average molecular weight is 295 g/mol. The highest BCUT2D eigenvalue weighted by Gasteiger charge is 2.52. The third-order valence-corrected chi connectivity index (χ3v) is 5.39. The van der Waals surface area contributed by atoms with Gasteiger partial charge in [0.15, 0.2) is 0 Å². The van der Waals surface area contributed by atoms with Crippen LogP contribution in [0.3, 0.4) is 0 Å². The fourth-order valence-electron chi connectivity index (χ4n) is 4.50. The SMILES string of the molecule is NC(=O)CC1(O)CCCN(C(=O)C23CCCN2CCC3)C1. The van der Waals surface area contributed by atoms with Crippen molar-refractivity contribution in [3.05, 3.63) is 0 Å². The summed E-state index contributed by atoms with van der Waals surface area (Å²) in [4.78, 5) is 28.3. The van der Waals surface area contributed by atoms with Gasteiger partial charge in [0, 0.05) is 13.1 Å². The maximum atomic E-state index is 13.0. The number of nitrogens with two attached hydrogens (primary N) is 1. The highest BCUT2D eigenvalue weighted by Crippen LogP contribution is 2.41. The number of aliphatic hydroxyl groups is 1. The number of carbonyl (C=O) groups excluding carboxylic acids is 2. The van der Waals surface area contributed by atoms with E-state index in [9.17, 15) is 14.7 Å². The predicted molar refractivity (Wildman–Crippen MR) is 77.3 cm³/mol. The summed E-state index contributed by atoms with van der Waals surface area (Å²) in [5, 5.41) is 10.5. The number of hydrogen-bond donors (Lipinski definition) is 2. The number of hydrogen-bond acceptors (Lipinski definition) is 4. The molecule has 1 atom stereocenters. The van der Waals surface area contributed by atoms with Crippen molar-refractivity contribution in [2.75, 3.05) is 26.2 Å². The van der Waals surface area contributed by atoms with Crippen LogP contribution in [0.25, 0.3) is 0 Å². The number of primary amides is 1. The molecule has 3 N–H and O–H groups in total. The molecule has 3 aliphatic heterocycles. The van der Waals surface area contributed by atoms with Crippen molar-refractivity contribution in [3.63, 3.8) is 0 Å². The number of fused-ring (bicyclic) bond motifs is 1. The van der Waals surface area contributed by atoms with Gasteiger partial charge in [-0.25, -0.2) is 0 Å². The summed E-state index contributed by atoms with van der Waals surface area (Å²) in [6.45, 7) is 2.93. The van der Waals surface area contributed by atoms with Crippen LogP contribution >= 0.6 is 0 Å². The molecule has 3 fully saturated rings. The van der Waals surface area contributed by atoms with E-state index < -0.39 is 11.5 Å². The van der Waals surface area contributed by atoms with Gasteiger partial charge in [0.25, 0.3) is 0 Å². The Labute approximate surface area is 125 Å². The highest BCUT2D eigenvalue weighted by atomic mass is 16.3. The second-order valence-electron chi connectivity index (χ2n) is 6.92. The number of piperidine rings is 1. The van der Waals surface area contributed by atoms with Gasteiger partial charge in [-0.2, -0.15) is 0 Å². The first kappa shape index (κ1) is 14.8. The summed E-state index contributed by atoms with van der Waals surface area (Å²) in [6, 6.07) is 0. The van der Waals surface area contributed by atoms with Gasteiger partial charge in [0.05, 0.1) is 12.0 Å². The standard InChI is InChI=1S/C15H25N3O3/c16-12(19)10-14(21)4-1-7-17(11-14)13(20)15-5-2-8-18(15)9-3-6-15/h21H,1-11H2,(H2,16,19). The molecular formula is C15H25N3O3. The van der Waals surface area contributed by atoms with Gasteiger partial charge in [-0.3, -0.25) is 14.5 Å². The second-order valence-corrected chi connectivity index (χ2v) is 6.92. The zero-order chi connectivity index (χ0) is 15.1. The molecule has 1 unspecified atom stereocenters. The Kier molecular flexibility index (Phi) is 3.69. The lowest BCUT2D eigenvalue weighted by Gasteiger charge is -2.43. The van der Waals surface area contributed by atoms with Gasteiger partial charge < -0.3 is 15.7 Å². The van der Waals surface area contributed by atoms with Crippen LogP contribution in [0.15, 0.2) is 0 Å². The number of amides is 2. The van der Waals surface area contributed by atoms with Gasteiger partial charge in [0.2, 0.25) is 11.8 Å². The van der Waals surface area contributed by atoms with Crippen molar-refractivity contribution in [3.8, 4) is 0 Å². The summed E-state index contributed by atoms with van der Waals surface area (Å²) in [6.07, 6.45) is 5.21. The fraction of sp³-hybridized carbons (Fsp3) is 0.867. The number of carbonyl (C=O) groups is 2. The zero-order valence-electron chi connectivity index (χ0n) is 12.5. The Bertz CT molecular complexity index is 443. The van der Waals surface area contributed by atoms with Crippen LogP contribution in [0.1, 0.15) is 44.9 Å². The maximum Gasteiger partial charge on any atom is 0.243 e. The van der Waals surface area contributed by atoms with Crippen molar-refractivity contribution in [2.45, 2.75) is 56.1 Å². The van der Waals surface area contributed by atoms with Gasteiger partial charge in [-0.05, 0) is 51.6 Å². The van der Waals surface area contributed by atoms with Crippen molar-refractivity contribution in [1.82, 2.24) is 9.80 Å². The minimum Gasteiger partial charge on any atom is -0.388 e. The Morgan fingerprint density at radius 1 is 1.05 bits per heavy atom. The molecule has 6 nitrogen and oxygen atoms in total. The van der Waals surface area contributed by atoms with E-state index in [0.29, 0.717) is 13.0 Å². The van der Waals surface area contributed by atoms with E-state index in [2.05, 4.69) is 4.90 Å². The first-order valence-electron chi connectivity index (χ1n) is 8.00. The minimum atomic E-state index is -1.14. The first-order valence-corrected chi connectivity index (χ1v) is 8.00. The van der Waals surface area contributed by atoms with E-state index in [1.54, 1.807) is 4.90 Å². The third-order valence-electron chi connectivity index (χ3n) is 5.39. The molecule has 0 aromatic heterocycles. The number of β-amino-alcohol motifs (C(OH)–C–C–N with tert-alkyl or cyclic N) is 1. The first-order chi connectivity index (χ1) is 9.95. The largest absolute Gasteiger partial charge is 0.388 e. The van der Waals surface area contributed by atoms with Gasteiger partial charge in [0.1, 0.15) is 5.54 Å². The van der Waals surface area contributed by atoms with E-state index in [-0.39, 0.29) is 24.4 Å². The lowest BCUT2D eigenvalue weighted by atomic mass is 9.86. The third kappa shape index (κ3) is 2.55. The summed E-state index contributed by atoms with van der Waals surface area (Å²) in [5.74, 6) is -0.353. The molecule has 3 aliphatic rings. The monoisotopic (exact) mass is 295 g/mol. The van der Waals surface area contributed by atoms with E-state index >= 15 is 0 Å². The normalized spacial score (nSPS) is 32.1. The van der Waals surface area contributed by atoms with Crippen LogP contribution in [0.4, 0.5) is 0 Å². The molecule has 6 heteroatoms. The molecule has 2 amide bonds. The molecule has 0 spiro atoms. The van der Waals surface area contributed by atoms with Crippen LogP contribution < -0.4 is 5.73 Å². The topological polar surface area (TPSA) is 86.9 Å². The van der Waals surface area contributed by atoms with Gasteiger partial charge in [-0.1, -0.05) is 0 Å². The number of rotatable bonds is 3. The minimum absolute atomic E-state index is 0.0620. The van der Waals surface area contributed by atoms with Crippen LogP contribution in [0.2, 0.25) is 0 Å². The predicted octanol–water partition coefficient (Wildman–Crippen LogP) is -0.156. The fourth-order valence-corrected chi connectivity index (χ4v) is 4.50. The Balaban J connectivity index is 1.74. The van der Waals surface area contributed by atoms with E-state index in [1.165, 1.54) is 0 Å². The van der Waals surface area contributed by atoms with E-state index in [0.717, 1.165) is 45.2 Å². The smallest absolute Gasteiger partial charge is 0.243 e. The summed E-state index contributed by atoms with van der Waals surface area (Å²) >= 11 is 0. The van der Waals surface area contributed by atoms with E-state index in [1.807, 2.05) is 0 Å². The molecule has 0 aliphatic carbocycles. The van der Waals surface area contributed by atoms with Crippen molar-refractivity contribution in [2.24, 2.45) is 5.73 Å². The van der Waals surface area contributed by atoms with Crippen LogP contribution in [0.5, 0.6) is 0 Å². The number of nitrogens with zero attached hydrogens (tertiary/aromatic N) is 2. The van der Waals surface area contributed by atoms with Crippen molar-refractivity contribution >= 4 is 11.8 Å². The average Bonchev–Trinajstić information content (AvgIpc) is 2.96. The quantitative estimate of drug-likeness (QED) is 0.757. The van der Waals surface area contributed by atoms with E-state index in [4.69, 9.17) is 5.73 Å². The summed E-state index contributed by atoms with van der Waals surface area (Å²) < 4.78 is 0. The lowest BCUT2D eigenvalue weighted by molar-refractivity contribution is -0.150. The molecule has 0 bridgehead atoms. The summed E-state index contributed by atoms with van der Waals surface area (Å²) in [5.41, 5.74) is 3.76. The molecule has 0 aromatic rings. The molecule has 3 heterocycles. The summed E-state index contributed by atoms with van der Waals surface area (Å²) in [7, 11) is 0. The lowest BCUT2D eigenvalue weighted by Crippen LogP contribution is -2.59. The van der Waals surface area contributed by atoms with Crippen molar-refractivity contribution in [1.29, 1.82) is 0 Å². The Morgan fingerprint density at radius 3 is 2.29 bits per heavy atom. The molecule has 21 heavy (non-hydrogen) atoms. The number of likely N-dealkylation sites (tertiary alicyclic amines) is 1. The molecule has 3 rings (SSSR count).